The molecule has 0 spiro atoms. The highest BCUT2D eigenvalue weighted by Crippen LogP contribution is 2.17. The highest BCUT2D eigenvalue weighted by Gasteiger charge is 2.21. The summed E-state index contributed by atoms with van der Waals surface area (Å²) in [7, 11) is 6.58. The molecule has 0 radical (unpaired) electrons. The molecule has 1 aliphatic rings. The predicted octanol–water partition coefficient (Wildman–Crippen LogP) is 1.95. The number of imidazole rings is 1. The highest BCUT2D eigenvalue weighted by atomic mass is 15.2. The van der Waals surface area contributed by atoms with Crippen LogP contribution < -0.4 is 0 Å². The summed E-state index contributed by atoms with van der Waals surface area (Å²) in [4.78, 5) is 9.59. The Bertz CT molecular complexity index is 424. The average molecular weight is 264 g/mol. The van der Waals surface area contributed by atoms with Crippen LogP contribution in [0.15, 0.2) is 0 Å². The number of likely N-dealkylation sites (N-methyl/N-ethyl adjacent to an activating group) is 2. The van der Waals surface area contributed by atoms with Gasteiger partial charge in [0.25, 0.3) is 0 Å². The smallest absolute Gasteiger partial charge is 0.123 e. The maximum Gasteiger partial charge on any atom is 0.123 e. The molecular formula is C15H28N4. The third-order valence-electron chi connectivity index (χ3n) is 4.57. The molecule has 2 heterocycles. The minimum absolute atomic E-state index is 0.709. The van der Waals surface area contributed by atoms with Gasteiger partial charge in [0.15, 0.2) is 0 Å². The minimum Gasteiger partial charge on any atom is -0.334 e. The molecule has 4 heteroatoms. The van der Waals surface area contributed by atoms with E-state index in [9.17, 15) is 0 Å². The Hall–Kier alpha value is -0.870. The first kappa shape index (κ1) is 14.5. The molecule has 108 valence electrons. The van der Waals surface area contributed by atoms with Crippen LogP contribution in [0.4, 0.5) is 0 Å². The molecule has 1 fully saturated rings. The molecule has 4 nitrogen and oxygen atoms in total. The van der Waals surface area contributed by atoms with Crippen molar-refractivity contribution in [3.8, 4) is 0 Å². The fraction of sp³-hybridized carbons (Fsp3) is 0.800. The molecule has 0 amide bonds. The van der Waals surface area contributed by atoms with Gasteiger partial charge in [-0.25, -0.2) is 4.98 Å². The van der Waals surface area contributed by atoms with E-state index >= 15 is 0 Å². The van der Waals surface area contributed by atoms with Gasteiger partial charge in [0.1, 0.15) is 5.82 Å². The lowest BCUT2D eigenvalue weighted by molar-refractivity contribution is 0.137. The van der Waals surface area contributed by atoms with Crippen molar-refractivity contribution >= 4 is 0 Å². The zero-order valence-electron chi connectivity index (χ0n) is 13.1. The molecule has 1 aromatic heterocycles. The fourth-order valence-corrected chi connectivity index (χ4v) is 2.97. The van der Waals surface area contributed by atoms with Crippen molar-refractivity contribution in [2.75, 3.05) is 27.2 Å². The van der Waals surface area contributed by atoms with E-state index in [-0.39, 0.29) is 0 Å². The number of nitrogens with zero attached hydrogens (tertiary/aromatic N) is 4. The van der Waals surface area contributed by atoms with Gasteiger partial charge in [-0.3, -0.25) is 4.90 Å². The molecule has 1 atom stereocenters. The van der Waals surface area contributed by atoms with Crippen molar-refractivity contribution in [2.24, 2.45) is 7.05 Å². The van der Waals surface area contributed by atoms with Gasteiger partial charge >= 0.3 is 0 Å². The van der Waals surface area contributed by atoms with Gasteiger partial charge in [-0.2, -0.15) is 0 Å². The number of rotatable bonds is 4. The Kier molecular flexibility index (Phi) is 4.63. The van der Waals surface area contributed by atoms with Crippen LogP contribution in [0.2, 0.25) is 0 Å². The van der Waals surface area contributed by atoms with E-state index in [1.54, 1.807) is 0 Å². The molecule has 19 heavy (non-hydrogen) atoms. The van der Waals surface area contributed by atoms with Crippen molar-refractivity contribution in [3.63, 3.8) is 0 Å². The normalized spacial score (nSPS) is 21.3. The van der Waals surface area contributed by atoms with E-state index in [0.29, 0.717) is 6.04 Å². The SMILES string of the molecule is Cc1nc(CN(C)C[C@H]2CCCCN2C)n(C)c1C. The predicted molar refractivity (Wildman–Crippen MR) is 79.3 cm³/mol. The van der Waals surface area contributed by atoms with E-state index in [4.69, 9.17) is 0 Å². The minimum atomic E-state index is 0.709. The molecule has 0 bridgehead atoms. The first-order valence-corrected chi connectivity index (χ1v) is 7.36. The largest absolute Gasteiger partial charge is 0.334 e. The van der Waals surface area contributed by atoms with Crippen LogP contribution in [0.25, 0.3) is 0 Å². The Labute approximate surface area is 117 Å². The van der Waals surface area contributed by atoms with E-state index in [1.165, 1.54) is 37.3 Å². The summed E-state index contributed by atoms with van der Waals surface area (Å²) < 4.78 is 2.22. The van der Waals surface area contributed by atoms with Gasteiger partial charge in [0.2, 0.25) is 0 Å². The van der Waals surface area contributed by atoms with Gasteiger partial charge in [-0.1, -0.05) is 6.42 Å². The summed E-state index contributed by atoms with van der Waals surface area (Å²) >= 11 is 0. The number of hydrogen-bond acceptors (Lipinski definition) is 3. The summed E-state index contributed by atoms with van der Waals surface area (Å²) in [5.41, 5.74) is 2.43. The summed E-state index contributed by atoms with van der Waals surface area (Å²) in [5, 5.41) is 0. The molecule has 1 saturated heterocycles. The summed E-state index contributed by atoms with van der Waals surface area (Å²) in [6, 6.07) is 0.709. The van der Waals surface area contributed by atoms with Crippen LogP contribution >= 0.6 is 0 Å². The molecule has 0 saturated carbocycles. The summed E-state index contributed by atoms with van der Waals surface area (Å²) in [5.74, 6) is 1.18. The van der Waals surface area contributed by atoms with E-state index in [0.717, 1.165) is 18.8 Å². The average Bonchev–Trinajstić information content (AvgIpc) is 2.60. The second kappa shape index (κ2) is 6.06. The van der Waals surface area contributed by atoms with Gasteiger partial charge in [0.05, 0.1) is 12.2 Å². The van der Waals surface area contributed by atoms with Crippen LogP contribution in [0, 0.1) is 13.8 Å². The third kappa shape index (κ3) is 3.37. The lowest BCUT2D eigenvalue weighted by Gasteiger charge is -2.35. The lowest BCUT2D eigenvalue weighted by Crippen LogP contribution is -2.43. The number of aryl methyl sites for hydroxylation is 1. The fourth-order valence-electron chi connectivity index (χ4n) is 2.97. The van der Waals surface area contributed by atoms with Crippen LogP contribution in [-0.2, 0) is 13.6 Å². The van der Waals surface area contributed by atoms with Gasteiger partial charge in [-0.15, -0.1) is 0 Å². The van der Waals surface area contributed by atoms with Crippen LogP contribution in [0.1, 0.15) is 36.5 Å². The zero-order valence-corrected chi connectivity index (χ0v) is 13.1. The Morgan fingerprint density at radius 1 is 1.26 bits per heavy atom. The van der Waals surface area contributed by atoms with Crippen molar-refractivity contribution in [3.05, 3.63) is 17.2 Å². The number of piperidine rings is 1. The quantitative estimate of drug-likeness (QED) is 0.831. The molecule has 0 unspecified atom stereocenters. The zero-order chi connectivity index (χ0) is 14.0. The second-order valence-electron chi connectivity index (χ2n) is 6.08. The van der Waals surface area contributed by atoms with E-state index in [1.807, 2.05) is 0 Å². The van der Waals surface area contributed by atoms with Gasteiger partial charge in [-0.05, 0) is 47.3 Å². The molecule has 1 aliphatic heterocycles. The maximum atomic E-state index is 4.67. The van der Waals surface area contributed by atoms with Crippen molar-refractivity contribution in [1.82, 2.24) is 19.4 Å². The molecule has 1 aromatic rings. The summed E-state index contributed by atoms with van der Waals surface area (Å²) in [6.07, 6.45) is 4.07. The molecule has 2 rings (SSSR count). The number of likely N-dealkylation sites (tertiary alicyclic amines) is 1. The number of hydrogen-bond donors (Lipinski definition) is 0. The third-order valence-corrected chi connectivity index (χ3v) is 4.57. The van der Waals surface area contributed by atoms with E-state index in [2.05, 4.69) is 54.3 Å². The standard InChI is InChI=1S/C15H28N4/c1-12-13(2)19(5)15(16-12)11-17(3)10-14-8-6-7-9-18(14)4/h14H,6-11H2,1-5H3/t14-/m1/s1. The lowest BCUT2D eigenvalue weighted by atomic mass is 10.0. The van der Waals surface area contributed by atoms with Crippen molar-refractivity contribution in [1.29, 1.82) is 0 Å². The maximum absolute atomic E-state index is 4.67. The highest BCUT2D eigenvalue weighted by molar-refractivity contribution is 5.13. The van der Waals surface area contributed by atoms with Crippen molar-refractivity contribution < 1.29 is 0 Å². The first-order chi connectivity index (χ1) is 8.99. The molecule has 0 N–H and O–H groups in total. The Morgan fingerprint density at radius 2 is 2.00 bits per heavy atom. The molecule has 0 aliphatic carbocycles. The second-order valence-corrected chi connectivity index (χ2v) is 6.08. The van der Waals surface area contributed by atoms with Crippen LogP contribution in [0.5, 0.6) is 0 Å². The monoisotopic (exact) mass is 264 g/mol. The van der Waals surface area contributed by atoms with Crippen LogP contribution in [-0.4, -0.2) is 52.6 Å². The van der Waals surface area contributed by atoms with E-state index < -0.39 is 0 Å². The van der Waals surface area contributed by atoms with Gasteiger partial charge < -0.3 is 9.47 Å². The van der Waals surface area contributed by atoms with Gasteiger partial charge in [0, 0.05) is 25.3 Å². The van der Waals surface area contributed by atoms with Crippen molar-refractivity contribution in [2.45, 2.75) is 45.7 Å². The first-order valence-electron chi connectivity index (χ1n) is 7.36. The number of aromatic nitrogens is 2. The molecular weight excluding hydrogens is 236 g/mol. The molecule has 0 aromatic carbocycles. The Morgan fingerprint density at radius 3 is 2.58 bits per heavy atom. The summed E-state index contributed by atoms with van der Waals surface area (Å²) in [6.45, 7) is 7.56. The topological polar surface area (TPSA) is 24.3 Å². The Balaban J connectivity index is 1.93. The van der Waals surface area contributed by atoms with Crippen LogP contribution in [0.3, 0.4) is 0 Å².